The molecule has 0 unspecified atom stereocenters. The summed E-state index contributed by atoms with van der Waals surface area (Å²) in [6, 6.07) is 6.18. The van der Waals surface area contributed by atoms with Gasteiger partial charge in [0.15, 0.2) is 4.34 Å². The fourth-order valence-corrected chi connectivity index (χ4v) is 4.77. The van der Waals surface area contributed by atoms with Gasteiger partial charge >= 0.3 is 0 Å². The second-order valence-electron chi connectivity index (χ2n) is 6.23. The van der Waals surface area contributed by atoms with Gasteiger partial charge in [0.25, 0.3) is 5.91 Å². The molecule has 3 heterocycles. The van der Waals surface area contributed by atoms with E-state index in [9.17, 15) is 10.1 Å². The Kier molecular flexibility index (Phi) is 5.03. The van der Waals surface area contributed by atoms with Crippen molar-refractivity contribution in [1.82, 2.24) is 20.2 Å². The molecule has 1 aromatic carbocycles. The summed E-state index contributed by atoms with van der Waals surface area (Å²) in [7, 11) is 0. The van der Waals surface area contributed by atoms with Crippen molar-refractivity contribution in [2.45, 2.75) is 11.3 Å². The Morgan fingerprint density at radius 3 is 3.00 bits per heavy atom. The first-order valence-electron chi connectivity index (χ1n) is 8.57. The second kappa shape index (κ2) is 7.60. The summed E-state index contributed by atoms with van der Waals surface area (Å²) in [5.41, 5.74) is 3.46. The Bertz CT molecular complexity index is 1030. The molecule has 1 amide bonds. The Morgan fingerprint density at radius 2 is 2.22 bits per heavy atom. The number of H-pyrrole nitrogens is 1. The van der Waals surface area contributed by atoms with E-state index in [1.165, 1.54) is 23.3 Å². The van der Waals surface area contributed by atoms with Gasteiger partial charge in [-0.1, -0.05) is 6.07 Å². The van der Waals surface area contributed by atoms with Gasteiger partial charge in [0.2, 0.25) is 0 Å². The number of fused-ring (bicyclic) bond motifs is 1. The fourth-order valence-electron chi connectivity index (χ4n) is 3.12. The summed E-state index contributed by atoms with van der Waals surface area (Å²) >= 11 is 2.75. The predicted molar refractivity (Wildman–Crippen MR) is 108 cm³/mol. The van der Waals surface area contributed by atoms with Crippen molar-refractivity contribution in [3.05, 3.63) is 40.5 Å². The molecule has 3 N–H and O–H groups in total. The summed E-state index contributed by atoms with van der Waals surface area (Å²) in [4.78, 5) is 22.6. The first-order valence-corrected chi connectivity index (χ1v) is 10.2. The molecule has 27 heavy (non-hydrogen) atoms. The average Bonchev–Trinajstić information content (AvgIpc) is 3.35. The Balaban J connectivity index is 1.48. The van der Waals surface area contributed by atoms with Crippen molar-refractivity contribution in [2.24, 2.45) is 0 Å². The van der Waals surface area contributed by atoms with Crippen LogP contribution in [0.4, 0.5) is 5.69 Å². The summed E-state index contributed by atoms with van der Waals surface area (Å²) in [6.07, 6.45) is 3.37. The Hall–Kier alpha value is -2.54. The summed E-state index contributed by atoms with van der Waals surface area (Å²) in [5.74, 6) is 0.0432. The molecule has 7 nitrogen and oxygen atoms in total. The van der Waals surface area contributed by atoms with Crippen LogP contribution < -0.4 is 10.0 Å². The van der Waals surface area contributed by atoms with Crippen molar-refractivity contribution < 1.29 is 4.79 Å². The number of hydrogen-bond donors (Lipinski definition) is 3. The van der Waals surface area contributed by atoms with Crippen LogP contribution in [-0.2, 0) is 0 Å². The molecule has 138 valence electrons. The monoisotopic (exact) mass is 398 g/mol. The molecule has 1 fully saturated rings. The Morgan fingerprint density at radius 1 is 1.41 bits per heavy atom. The normalized spacial score (nSPS) is 14.3. The van der Waals surface area contributed by atoms with Gasteiger partial charge in [-0.05, 0) is 18.6 Å². The number of amides is 1. The van der Waals surface area contributed by atoms with Crippen molar-refractivity contribution in [3.8, 4) is 6.07 Å². The number of carbonyl (C=O) groups is 1. The number of carbonyl (C=O) groups excluding carboxylic acids is 1. The van der Waals surface area contributed by atoms with Crippen molar-refractivity contribution in [2.75, 3.05) is 30.9 Å². The van der Waals surface area contributed by atoms with E-state index in [1.807, 2.05) is 24.0 Å². The topological polar surface area (TPSA) is 96.8 Å². The van der Waals surface area contributed by atoms with E-state index in [4.69, 9.17) is 0 Å². The summed E-state index contributed by atoms with van der Waals surface area (Å²) in [6.45, 7) is 5.11. The van der Waals surface area contributed by atoms with E-state index in [0.29, 0.717) is 10.4 Å². The van der Waals surface area contributed by atoms with E-state index in [-0.39, 0.29) is 5.91 Å². The SMILES string of the molecule is Cc1ccc(NSc2ncc(C(=O)N3CCNCC3)s2)c2[nH]cc(C#N)c12. The lowest BCUT2D eigenvalue weighted by Gasteiger charge is -2.26. The quantitative estimate of drug-likeness (QED) is 0.585. The highest BCUT2D eigenvalue weighted by molar-refractivity contribution is 8.02. The first kappa shape index (κ1) is 17.9. The van der Waals surface area contributed by atoms with Crippen LogP contribution in [0.25, 0.3) is 10.9 Å². The van der Waals surface area contributed by atoms with E-state index < -0.39 is 0 Å². The lowest BCUT2D eigenvalue weighted by molar-refractivity contribution is 0.0740. The van der Waals surface area contributed by atoms with Crippen molar-refractivity contribution in [1.29, 1.82) is 5.26 Å². The average molecular weight is 399 g/mol. The first-order chi connectivity index (χ1) is 13.2. The number of aromatic nitrogens is 2. The fraction of sp³-hybridized carbons (Fsp3) is 0.278. The summed E-state index contributed by atoms with van der Waals surface area (Å²) < 4.78 is 4.06. The van der Waals surface area contributed by atoms with Gasteiger partial charge < -0.3 is 19.9 Å². The van der Waals surface area contributed by atoms with Crippen molar-refractivity contribution >= 4 is 45.8 Å². The standard InChI is InChI=1S/C18H18N6OS2/c1-11-2-3-13(16-15(11)12(8-19)9-21-16)23-27-18-22-10-14(26-18)17(25)24-6-4-20-5-7-24/h2-3,9-10,20-21,23H,4-7H2,1H3. The number of thiazole rings is 1. The zero-order chi connectivity index (χ0) is 18.8. The third-order valence-corrected chi connectivity index (χ3v) is 6.39. The van der Waals surface area contributed by atoms with E-state index in [0.717, 1.165) is 52.7 Å². The molecule has 0 atom stereocenters. The van der Waals surface area contributed by atoms with Crippen LogP contribution in [0.1, 0.15) is 20.8 Å². The van der Waals surface area contributed by atoms with E-state index >= 15 is 0 Å². The van der Waals surface area contributed by atoms with E-state index in [2.05, 4.69) is 26.1 Å². The van der Waals surface area contributed by atoms with E-state index in [1.54, 1.807) is 12.4 Å². The lowest BCUT2D eigenvalue weighted by Crippen LogP contribution is -2.46. The van der Waals surface area contributed by atoms with Crippen LogP contribution >= 0.6 is 23.3 Å². The number of nitrogens with zero attached hydrogens (tertiary/aromatic N) is 3. The van der Waals surface area contributed by atoms with Crippen LogP contribution in [0.2, 0.25) is 0 Å². The second-order valence-corrected chi connectivity index (χ2v) is 8.31. The molecule has 3 aromatic rings. The van der Waals surface area contributed by atoms with Gasteiger partial charge in [-0.3, -0.25) is 4.79 Å². The molecule has 0 aliphatic carbocycles. The van der Waals surface area contributed by atoms with Gasteiger partial charge in [0, 0.05) is 49.7 Å². The Labute approximate surface area is 164 Å². The molecule has 1 aliphatic rings. The van der Waals surface area contributed by atoms with Crippen LogP contribution in [0, 0.1) is 18.3 Å². The highest BCUT2D eigenvalue weighted by atomic mass is 32.2. The maximum atomic E-state index is 12.5. The molecule has 4 rings (SSSR count). The number of nitriles is 1. The number of rotatable bonds is 4. The van der Waals surface area contributed by atoms with Gasteiger partial charge in [-0.2, -0.15) is 5.26 Å². The molecule has 9 heteroatoms. The van der Waals surface area contributed by atoms with Crippen molar-refractivity contribution in [3.63, 3.8) is 0 Å². The molecular formula is C18H18N6OS2. The van der Waals surface area contributed by atoms with Crippen LogP contribution in [0.5, 0.6) is 0 Å². The highest BCUT2D eigenvalue weighted by Crippen LogP contribution is 2.32. The van der Waals surface area contributed by atoms with Gasteiger partial charge in [-0.25, -0.2) is 4.98 Å². The van der Waals surface area contributed by atoms with Gasteiger partial charge in [-0.15, -0.1) is 11.3 Å². The third-order valence-electron chi connectivity index (χ3n) is 4.51. The number of aryl methyl sites for hydroxylation is 1. The molecular weight excluding hydrogens is 380 g/mol. The molecule has 0 radical (unpaired) electrons. The zero-order valence-corrected chi connectivity index (χ0v) is 16.3. The minimum absolute atomic E-state index is 0.0432. The zero-order valence-electron chi connectivity index (χ0n) is 14.7. The number of nitrogens with one attached hydrogen (secondary N) is 3. The molecule has 1 saturated heterocycles. The van der Waals surface area contributed by atoms with Crippen LogP contribution in [0.15, 0.2) is 28.9 Å². The minimum Gasteiger partial charge on any atom is -0.358 e. The highest BCUT2D eigenvalue weighted by Gasteiger charge is 2.20. The lowest BCUT2D eigenvalue weighted by atomic mass is 10.1. The molecule has 0 bridgehead atoms. The predicted octanol–water partition coefficient (Wildman–Crippen LogP) is 2.97. The third kappa shape index (κ3) is 3.51. The van der Waals surface area contributed by atoms with Gasteiger partial charge in [0.05, 0.1) is 23.0 Å². The number of hydrogen-bond acceptors (Lipinski definition) is 7. The maximum absolute atomic E-state index is 12.5. The molecule has 0 saturated carbocycles. The van der Waals surface area contributed by atoms with Crippen LogP contribution in [-0.4, -0.2) is 47.0 Å². The summed E-state index contributed by atoms with van der Waals surface area (Å²) in [5, 5.41) is 13.4. The number of anilines is 1. The van der Waals surface area contributed by atoms with Gasteiger partial charge in [0.1, 0.15) is 10.9 Å². The van der Waals surface area contributed by atoms with Crippen LogP contribution in [0.3, 0.4) is 0 Å². The minimum atomic E-state index is 0.0432. The molecule has 0 spiro atoms. The number of aromatic amines is 1. The smallest absolute Gasteiger partial charge is 0.265 e. The molecule has 2 aromatic heterocycles. The number of benzene rings is 1. The number of piperazine rings is 1. The molecule has 1 aliphatic heterocycles. The largest absolute Gasteiger partial charge is 0.358 e. The maximum Gasteiger partial charge on any atom is 0.265 e.